The number of hydrogen-bond donors (Lipinski definition) is 2. The maximum absolute atomic E-state index is 13.0. The van der Waals surface area contributed by atoms with Gasteiger partial charge in [0.1, 0.15) is 11.5 Å². The molecule has 2 N–H and O–H groups in total. The number of benzene rings is 2. The van der Waals surface area contributed by atoms with Crippen molar-refractivity contribution in [3.63, 3.8) is 0 Å². The third kappa shape index (κ3) is 4.60. The van der Waals surface area contributed by atoms with Crippen LogP contribution in [0.3, 0.4) is 0 Å². The number of nitrogens with zero attached hydrogens (tertiary/aromatic N) is 2. The summed E-state index contributed by atoms with van der Waals surface area (Å²) in [4.78, 5) is 20.2. The van der Waals surface area contributed by atoms with Crippen LogP contribution in [0.2, 0.25) is 0 Å². The van der Waals surface area contributed by atoms with Crippen LogP contribution in [-0.4, -0.2) is 15.9 Å². The number of anilines is 3. The molecule has 0 fully saturated rings. The molecule has 0 spiro atoms. The van der Waals surface area contributed by atoms with E-state index in [1.165, 1.54) is 30.6 Å². The van der Waals surface area contributed by atoms with Gasteiger partial charge in [-0.2, -0.15) is 13.2 Å². The van der Waals surface area contributed by atoms with E-state index in [1.807, 2.05) is 31.2 Å². The van der Waals surface area contributed by atoms with Gasteiger partial charge in [0, 0.05) is 5.69 Å². The molecule has 0 unspecified atom stereocenters. The Labute approximate surface area is 153 Å². The van der Waals surface area contributed by atoms with E-state index < -0.39 is 17.6 Å². The molecular formula is C19H15F3N4O. The molecule has 0 bridgehead atoms. The summed E-state index contributed by atoms with van der Waals surface area (Å²) in [7, 11) is 0. The van der Waals surface area contributed by atoms with Crippen LogP contribution < -0.4 is 10.6 Å². The van der Waals surface area contributed by atoms with Crippen LogP contribution in [0.4, 0.5) is 30.4 Å². The van der Waals surface area contributed by atoms with Crippen molar-refractivity contribution in [3.05, 3.63) is 77.7 Å². The molecule has 0 aliphatic rings. The Hall–Kier alpha value is -3.42. The number of amides is 1. The third-order valence-corrected chi connectivity index (χ3v) is 3.69. The minimum atomic E-state index is -4.57. The first-order chi connectivity index (χ1) is 12.8. The van der Waals surface area contributed by atoms with Crippen molar-refractivity contribution >= 4 is 23.1 Å². The van der Waals surface area contributed by atoms with Crippen LogP contribution >= 0.6 is 0 Å². The van der Waals surface area contributed by atoms with E-state index in [1.54, 1.807) is 0 Å². The Morgan fingerprint density at radius 2 is 1.67 bits per heavy atom. The van der Waals surface area contributed by atoms with Crippen molar-refractivity contribution < 1.29 is 18.0 Å². The first-order valence-electron chi connectivity index (χ1n) is 7.96. The van der Waals surface area contributed by atoms with Crippen LogP contribution in [0.15, 0.2) is 60.9 Å². The molecule has 3 rings (SSSR count). The smallest absolute Gasteiger partial charge is 0.339 e. The van der Waals surface area contributed by atoms with E-state index in [0.717, 1.165) is 17.3 Å². The molecule has 27 heavy (non-hydrogen) atoms. The zero-order chi connectivity index (χ0) is 19.4. The molecule has 0 aliphatic heterocycles. The average molecular weight is 372 g/mol. The molecule has 0 saturated carbocycles. The zero-order valence-electron chi connectivity index (χ0n) is 14.2. The first-order valence-corrected chi connectivity index (χ1v) is 7.96. The average Bonchev–Trinajstić information content (AvgIpc) is 2.64. The molecule has 0 saturated heterocycles. The molecule has 1 amide bonds. The fraction of sp³-hybridized carbons (Fsp3) is 0.105. The highest BCUT2D eigenvalue weighted by atomic mass is 19.4. The topological polar surface area (TPSA) is 66.9 Å². The van der Waals surface area contributed by atoms with Crippen LogP contribution in [-0.2, 0) is 6.18 Å². The van der Waals surface area contributed by atoms with E-state index >= 15 is 0 Å². The van der Waals surface area contributed by atoms with Crippen molar-refractivity contribution in [2.75, 3.05) is 10.6 Å². The second-order valence-electron chi connectivity index (χ2n) is 5.78. The van der Waals surface area contributed by atoms with Gasteiger partial charge >= 0.3 is 6.18 Å². The van der Waals surface area contributed by atoms with Gasteiger partial charge in [-0.15, -0.1) is 0 Å². The van der Waals surface area contributed by atoms with Crippen molar-refractivity contribution in [1.29, 1.82) is 0 Å². The lowest BCUT2D eigenvalue weighted by Gasteiger charge is -2.13. The summed E-state index contributed by atoms with van der Waals surface area (Å²) in [5.74, 6) is -0.368. The van der Waals surface area contributed by atoms with Crippen LogP contribution in [0.25, 0.3) is 0 Å². The summed E-state index contributed by atoms with van der Waals surface area (Å²) in [6.07, 6.45) is -2.04. The van der Waals surface area contributed by atoms with Crippen molar-refractivity contribution in [2.45, 2.75) is 13.1 Å². The molecule has 1 heterocycles. The fourth-order valence-electron chi connectivity index (χ4n) is 2.32. The Kier molecular flexibility index (Phi) is 5.07. The number of aryl methyl sites for hydroxylation is 1. The second kappa shape index (κ2) is 7.45. The molecule has 0 aliphatic carbocycles. The number of rotatable bonds is 4. The van der Waals surface area contributed by atoms with Crippen molar-refractivity contribution in [2.24, 2.45) is 0 Å². The lowest BCUT2D eigenvalue weighted by molar-refractivity contribution is -0.136. The monoisotopic (exact) mass is 372 g/mol. The van der Waals surface area contributed by atoms with E-state index in [0.29, 0.717) is 5.82 Å². The summed E-state index contributed by atoms with van der Waals surface area (Å²) >= 11 is 0. The largest absolute Gasteiger partial charge is 0.418 e. The molecule has 8 heteroatoms. The number of nitrogens with one attached hydrogen (secondary N) is 2. The number of halogens is 3. The predicted molar refractivity (Wildman–Crippen MR) is 95.9 cm³/mol. The SMILES string of the molecule is Cc1ccc(Nc2cnc(C(=O)Nc3ccccc3C(F)(F)F)cn2)cc1. The van der Waals surface area contributed by atoms with Crippen molar-refractivity contribution in [3.8, 4) is 0 Å². The van der Waals surface area contributed by atoms with Gasteiger partial charge in [0.15, 0.2) is 0 Å². The van der Waals surface area contributed by atoms with Crippen molar-refractivity contribution in [1.82, 2.24) is 9.97 Å². The number of alkyl halides is 3. The number of hydrogen-bond acceptors (Lipinski definition) is 4. The van der Waals surface area contributed by atoms with E-state index in [-0.39, 0.29) is 11.4 Å². The standard InChI is InChI=1S/C19H15F3N4O/c1-12-6-8-13(9-7-12)25-17-11-23-16(10-24-17)18(27)26-15-5-3-2-4-14(15)19(20,21)22/h2-11H,1H3,(H,24,25)(H,26,27). The van der Waals surface area contributed by atoms with Crippen LogP contribution in [0, 0.1) is 6.92 Å². The van der Waals surface area contributed by atoms with Crippen LogP contribution in [0.5, 0.6) is 0 Å². The molecular weight excluding hydrogens is 357 g/mol. The Morgan fingerprint density at radius 3 is 2.30 bits per heavy atom. The first kappa shape index (κ1) is 18.4. The highest BCUT2D eigenvalue weighted by Gasteiger charge is 2.33. The number of carbonyl (C=O) groups is 1. The minimum Gasteiger partial charge on any atom is -0.339 e. The van der Waals surface area contributed by atoms with Gasteiger partial charge in [-0.25, -0.2) is 9.97 Å². The second-order valence-corrected chi connectivity index (χ2v) is 5.78. The molecule has 0 radical (unpaired) electrons. The normalized spacial score (nSPS) is 11.1. The Morgan fingerprint density at radius 1 is 0.963 bits per heavy atom. The van der Waals surface area contributed by atoms with Gasteiger partial charge in [-0.05, 0) is 31.2 Å². The quantitative estimate of drug-likeness (QED) is 0.690. The number of para-hydroxylation sites is 1. The molecule has 2 aromatic carbocycles. The maximum Gasteiger partial charge on any atom is 0.418 e. The summed E-state index contributed by atoms with van der Waals surface area (Å²) < 4.78 is 39.0. The van der Waals surface area contributed by atoms with E-state index in [4.69, 9.17) is 0 Å². The number of aromatic nitrogens is 2. The predicted octanol–water partition coefficient (Wildman–Crippen LogP) is 4.80. The third-order valence-electron chi connectivity index (χ3n) is 3.69. The van der Waals surface area contributed by atoms with Gasteiger partial charge < -0.3 is 10.6 Å². The highest BCUT2D eigenvalue weighted by molar-refractivity contribution is 6.03. The summed E-state index contributed by atoms with van der Waals surface area (Å²) in [6.45, 7) is 1.97. The highest BCUT2D eigenvalue weighted by Crippen LogP contribution is 2.34. The number of carbonyl (C=O) groups excluding carboxylic acids is 1. The Balaban J connectivity index is 1.72. The van der Waals surface area contributed by atoms with Gasteiger partial charge in [0.05, 0.1) is 23.6 Å². The van der Waals surface area contributed by atoms with Gasteiger partial charge in [-0.1, -0.05) is 29.8 Å². The summed E-state index contributed by atoms with van der Waals surface area (Å²) in [5, 5.41) is 5.25. The molecule has 3 aromatic rings. The Bertz CT molecular complexity index is 938. The molecule has 1 aromatic heterocycles. The summed E-state index contributed by atoms with van der Waals surface area (Å²) in [6, 6.07) is 12.3. The van der Waals surface area contributed by atoms with Gasteiger partial charge in [0.25, 0.3) is 5.91 Å². The van der Waals surface area contributed by atoms with Gasteiger partial charge in [-0.3, -0.25) is 4.79 Å². The molecule has 138 valence electrons. The van der Waals surface area contributed by atoms with Crippen LogP contribution in [0.1, 0.15) is 21.6 Å². The fourth-order valence-corrected chi connectivity index (χ4v) is 2.32. The lowest BCUT2D eigenvalue weighted by Crippen LogP contribution is -2.18. The lowest BCUT2D eigenvalue weighted by atomic mass is 10.1. The minimum absolute atomic E-state index is 0.0959. The molecule has 0 atom stereocenters. The van der Waals surface area contributed by atoms with Gasteiger partial charge in [0.2, 0.25) is 0 Å². The van der Waals surface area contributed by atoms with E-state index in [2.05, 4.69) is 20.6 Å². The molecule has 5 nitrogen and oxygen atoms in total. The zero-order valence-corrected chi connectivity index (χ0v) is 14.2. The maximum atomic E-state index is 13.0. The van der Waals surface area contributed by atoms with E-state index in [9.17, 15) is 18.0 Å². The summed E-state index contributed by atoms with van der Waals surface area (Å²) in [5.41, 5.74) is 0.549.